The Morgan fingerprint density at radius 3 is 1.68 bits per heavy atom. The van der Waals surface area contributed by atoms with E-state index in [4.69, 9.17) is 4.55 Å². The lowest BCUT2D eigenvalue weighted by molar-refractivity contribution is -0.923. The fourth-order valence-corrected chi connectivity index (χ4v) is 3.47. The number of hydrogen-bond acceptors (Lipinski definition) is 2. The van der Waals surface area contributed by atoms with Crippen molar-refractivity contribution >= 4 is 10.1 Å². The van der Waals surface area contributed by atoms with E-state index in [1.807, 2.05) is 0 Å². The average molecular weight is 373 g/mol. The van der Waals surface area contributed by atoms with Crippen molar-refractivity contribution in [1.29, 1.82) is 0 Å². The molecule has 0 atom stereocenters. The van der Waals surface area contributed by atoms with Gasteiger partial charge in [0.05, 0.1) is 31.1 Å². The molecule has 0 fully saturated rings. The molecule has 0 aliphatic carbocycles. The summed E-state index contributed by atoms with van der Waals surface area (Å²) in [5.74, 6) is 0. The molecule has 1 N–H and O–H groups in total. The van der Waals surface area contributed by atoms with E-state index in [1.165, 1.54) is 81.3 Å². The van der Waals surface area contributed by atoms with Crippen LogP contribution in [0, 0.1) is 0 Å². The zero-order valence-corrected chi connectivity index (χ0v) is 17.4. The van der Waals surface area contributed by atoms with Crippen LogP contribution in [-0.2, 0) is 10.1 Å². The highest BCUT2D eigenvalue weighted by Gasteiger charge is 2.19. The molecular weight excluding hydrogens is 334 g/mol. The molecule has 1 aromatic carbocycles. The Morgan fingerprint density at radius 1 is 0.800 bits per heavy atom. The third kappa shape index (κ3) is 10.6. The van der Waals surface area contributed by atoms with Gasteiger partial charge in [-0.15, -0.1) is 0 Å². The maximum absolute atomic E-state index is 10.4. The normalized spacial score (nSPS) is 11.7. The molecule has 0 aromatic heterocycles. The van der Waals surface area contributed by atoms with Crippen molar-refractivity contribution in [3.63, 3.8) is 0 Å². The van der Waals surface area contributed by atoms with Crippen molar-refractivity contribution in [3.8, 4) is 0 Å². The fourth-order valence-electron chi connectivity index (χ4n) is 2.97. The van der Waals surface area contributed by atoms with Crippen molar-refractivity contribution in [2.45, 2.75) is 71.1 Å². The first-order chi connectivity index (χ1) is 11.8. The molecule has 1 aromatic rings. The van der Waals surface area contributed by atoms with Crippen molar-refractivity contribution in [3.05, 3.63) is 30.3 Å². The molecule has 0 aliphatic heterocycles. The highest BCUT2D eigenvalue weighted by atomic mass is 32.2. The molecule has 146 valence electrons. The van der Waals surface area contributed by atoms with Crippen molar-refractivity contribution < 1.29 is 17.5 Å². The summed E-state index contributed by atoms with van der Waals surface area (Å²) in [5.41, 5.74) is 0. The minimum atomic E-state index is -4.00. The molecule has 0 bridgehead atoms. The quantitative estimate of drug-likeness (QED) is 0.332. The molecule has 25 heavy (non-hydrogen) atoms. The molecule has 5 heteroatoms. The van der Waals surface area contributed by atoms with Crippen LogP contribution in [0.15, 0.2) is 35.2 Å². The third-order valence-corrected chi connectivity index (χ3v) is 5.91. The Balaban J connectivity index is 0.000000496. The van der Waals surface area contributed by atoms with Crippen LogP contribution in [0.3, 0.4) is 0 Å². The number of hydrogen-bond donors (Lipinski definition) is 1. The molecule has 0 heterocycles. The highest BCUT2D eigenvalue weighted by molar-refractivity contribution is 7.85. The first-order valence-electron chi connectivity index (χ1n) is 9.72. The molecule has 0 amide bonds. The zero-order chi connectivity index (χ0) is 19.2. The summed E-state index contributed by atoms with van der Waals surface area (Å²) < 4.78 is 30.6. The standard InChI is InChI=1S/C14H32N.C6H6O3S/c1-5-9-10-11-12-13-14-15(6-2,7-3)8-4;7-10(8,9)6-4-2-1-3-5-6/h5-14H2,1-4H3;1-5H,(H,7,8,9)/q+1;. The van der Waals surface area contributed by atoms with Crippen LogP contribution in [0.1, 0.15) is 66.2 Å². The predicted molar refractivity (Wildman–Crippen MR) is 106 cm³/mol. The minimum Gasteiger partial charge on any atom is -0.324 e. The largest absolute Gasteiger partial charge is 0.324 e. The van der Waals surface area contributed by atoms with Crippen LogP contribution in [-0.4, -0.2) is 43.6 Å². The van der Waals surface area contributed by atoms with Gasteiger partial charge in [0.25, 0.3) is 10.1 Å². The smallest absolute Gasteiger partial charge is 0.294 e. The topological polar surface area (TPSA) is 54.4 Å². The van der Waals surface area contributed by atoms with Gasteiger partial charge in [-0.05, 0) is 45.7 Å². The molecule has 0 radical (unpaired) electrons. The number of rotatable bonds is 11. The maximum Gasteiger partial charge on any atom is 0.294 e. The molecular formula is C20H38NO3S+. The van der Waals surface area contributed by atoms with Crippen LogP contribution < -0.4 is 0 Å². The molecule has 0 saturated heterocycles. The number of benzene rings is 1. The molecule has 0 spiro atoms. The maximum atomic E-state index is 10.4. The van der Waals surface area contributed by atoms with Crippen molar-refractivity contribution in [2.24, 2.45) is 0 Å². The van der Waals surface area contributed by atoms with Crippen LogP contribution in [0.4, 0.5) is 0 Å². The third-order valence-electron chi connectivity index (χ3n) is 5.04. The van der Waals surface area contributed by atoms with E-state index >= 15 is 0 Å². The van der Waals surface area contributed by atoms with Gasteiger partial charge in [-0.1, -0.05) is 50.8 Å². The Kier molecular flexibility index (Phi) is 12.8. The van der Waals surface area contributed by atoms with Gasteiger partial charge in [-0.3, -0.25) is 4.55 Å². The van der Waals surface area contributed by atoms with Crippen molar-refractivity contribution in [1.82, 2.24) is 0 Å². The summed E-state index contributed by atoms with van der Waals surface area (Å²) in [4.78, 5) is -0.0741. The van der Waals surface area contributed by atoms with E-state index in [1.54, 1.807) is 18.2 Å². The summed E-state index contributed by atoms with van der Waals surface area (Å²) in [5, 5.41) is 0. The molecule has 4 nitrogen and oxygen atoms in total. The first-order valence-corrected chi connectivity index (χ1v) is 11.2. The summed E-state index contributed by atoms with van der Waals surface area (Å²) >= 11 is 0. The van der Waals surface area contributed by atoms with Crippen LogP contribution in [0.5, 0.6) is 0 Å². The molecule has 0 saturated carbocycles. The Bertz CT molecular complexity index is 517. The second kappa shape index (κ2) is 13.3. The summed E-state index contributed by atoms with van der Waals surface area (Å²) in [6, 6.07) is 7.42. The van der Waals surface area contributed by atoms with Gasteiger partial charge in [0.2, 0.25) is 0 Å². The Labute approximate surface area is 155 Å². The van der Waals surface area contributed by atoms with Gasteiger partial charge in [0.1, 0.15) is 0 Å². The summed E-state index contributed by atoms with van der Waals surface area (Å²) in [6.07, 6.45) is 8.55. The second-order valence-electron chi connectivity index (χ2n) is 6.57. The molecule has 1 rings (SSSR count). The lowest BCUT2D eigenvalue weighted by Crippen LogP contribution is -2.48. The zero-order valence-electron chi connectivity index (χ0n) is 16.6. The first kappa shape index (κ1) is 24.1. The van der Waals surface area contributed by atoms with E-state index in [-0.39, 0.29) is 4.90 Å². The monoisotopic (exact) mass is 372 g/mol. The van der Waals surface area contributed by atoms with Crippen LogP contribution in [0.25, 0.3) is 0 Å². The minimum absolute atomic E-state index is 0.0741. The van der Waals surface area contributed by atoms with Gasteiger partial charge < -0.3 is 4.48 Å². The number of unbranched alkanes of at least 4 members (excludes halogenated alkanes) is 5. The summed E-state index contributed by atoms with van der Waals surface area (Å²) in [6.45, 7) is 14.6. The molecule has 0 unspecified atom stereocenters. The van der Waals surface area contributed by atoms with E-state index in [0.29, 0.717) is 0 Å². The van der Waals surface area contributed by atoms with Gasteiger partial charge >= 0.3 is 0 Å². The lowest BCUT2D eigenvalue weighted by Gasteiger charge is -2.35. The van der Waals surface area contributed by atoms with Gasteiger partial charge in [0, 0.05) is 0 Å². The predicted octanol–water partition coefficient (Wildman–Crippen LogP) is 5.16. The van der Waals surface area contributed by atoms with E-state index in [9.17, 15) is 8.42 Å². The number of quaternary nitrogens is 1. The molecule has 0 aliphatic rings. The van der Waals surface area contributed by atoms with Crippen molar-refractivity contribution in [2.75, 3.05) is 26.2 Å². The second-order valence-corrected chi connectivity index (χ2v) is 7.99. The SMILES string of the molecule is CCCCCCCC[N+](CC)(CC)CC.O=S(=O)(O)c1ccccc1. The van der Waals surface area contributed by atoms with Gasteiger partial charge in [-0.25, -0.2) is 0 Å². The Hall–Kier alpha value is -0.910. The number of nitrogens with zero attached hydrogens (tertiary/aromatic N) is 1. The fraction of sp³-hybridized carbons (Fsp3) is 0.700. The van der Waals surface area contributed by atoms with Gasteiger partial charge in [0.15, 0.2) is 0 Å². The highest BCUT2D eigenvalue weighted by Crippen LogP contribution is 2.11. The summed E-state index contributed by atoms with van der Waals surface area (Å²) in [7, 11) is -4.00. The van der Waals surface area contributed by atoms with Crippen LogP contribution >= 0.6 is 0 Å². The van der Waals surface area contributed by atoms with E-state index in [2.05, 4.69) is 27.7 Å². The van der Waals surface area contributed by atoms with E-state index in [0.717, 1.165) is 0 Å². The van der Waals surface area contributed by atoms with E-state index < -0.39 is 10.1 Å². The van der Waals surface area contributed by atoms with Crippen LogP contribution in [0.2, 0.25) is 0 Å². The van der Waals surface area contributed by atoms with Gasteiger partial charge in [-0.2, -0.15) is 8.42 Å². The Morgan fingerprint density at radius 2 is 1.28 bits per heavy atom. The lowest BCUT2D eigenvalue weighted by atomic mass is 10.1. The average Bonchev–Trinajstić information content (AvgIpc) is 2.62.